The number of anilines is 1. The van der Waals surface area contributed by atoms with Crippen LogP contribution in [0.1, 0.15) is 43.1 Å². The smallest absolute Gasteiger partial charge is 0.244 e. The van der Waals surface area contributed by atoms with Crippen LogP contribution < -0.4 is 9.62 Å². The average molecular weight is 552 g/mol. The van der Waals surface area contributed by atoms with Gasteiger partial charge in [-0.15, -0.1) is 0 Å². The van der Waals surface area contributed by atoms with E-state index in [1.165, 1.54) is 24.0 Å². The summed E-state index contributed by atoms with van der Waals surface area (Å²) >= 11 is 3.41. The van der Waals surface area contributed by atoms with Crippen molar-refractivity contribution in [1.29, 1.82) is 0 Å². The first-order chi connectivity index (χ1) is 15.9. The first-order valence-corrected chi connectivity index (χ1v) is 13.5. The van der Waals surface area contributed by atoms with Gasteiger partial charge in [-0.2, -0.15) is 0 Å². The average Bonchev–Trinajstić information content (AvgIpc) is 2.78. The van der Waals surface area contributed by atoms with Gasteiger partial charge in [-0.25, -0.2) is 8.42 Å². The fourth-order valence-electron chi connectivity index (χ4n) is 3.30. The maximum absolute atomic E-state index is 13.5. The Morgan fingerprint density at radius 1 is 1.09 bits per heavy atom. The summed E-state index contributed by atoms with van der Waals surface area (Å²) in [6.07, 6.45) is 1.74. The van der Waals surface area contributed by atoms with Gasteiger partial charge in [0.25, 0.3) is 0 Å². The van der Waals surface area contributed by atoms with Gasteiger partial charge in [0.2, 0.25) is 21.8 Å². The van der Waals surface area contributed by atoms with Crippen molar-refractivity contribution in [3.63, 3.8) is 0 Å². The van der Waals surface area contributed by atoms with E-state index in [9.17, 15) is 22.8 Å². The second kappa shape index (κ2) is 12.1. The molecule has 1 atom stereocenters. The molecule has 0 radical (unpaired) electrons. The number of nitrogens with zero attached hydrogens (tertiary/aromatic N) is 2. The topological polar surface area (TPSA) is 104 Å². The summed E-state index contributed by atoms with van der Waals surface area (Å²) in [4.78, 5) is 39.3. The number of hydrogen-bond acceptors (Lipinski definition) is 5. The number of halogens is 1. The molecule has 2 aromatic rings. The Hall–Kier alpha value is -2.72. The number of benzene rings is 2. The molecule has 0 unspecified atom stereocenters. The van der Waals surface area contributed by atoms with Crippen LogP contribution in [0.4, 0.5) is 5.69 Å². The van der Waals surface area contributed by atoms with Gasteiger partial charge in [-0.05, 0) is 50.1 Å². The first kappa shape index (κ1) is 27.5. The van der Waals surface area contributed by atoms with E-state index in [0.29, 0.717) is 12.1 Å². The minimum atomic E-state index is -3.86. The number of Topliss-reactive ketones (excluding diaryl/α,β-unsaturated/α-hetero) is 1. The lowest BCUT2D eigenvalue weighted by molar-refractivity contribution is -0.139. The number of hydrogen-bond donors (Lipinski definition) is 1. The summed E-state index contributed by atoms with van der Waals surface area (Å²) < 4.78 is 27.0. The molecule has 184 valence electrons. The van der Waals surface area contributed by atoms with Gasteiger partial charge in [0.05, 0.1) is 11.9 Å². The van der Waals surface area contributed by atoms with Gasteiger partial charge < -0.3 is 10.2 Å². The van der Waals surface area contributed by atoms with E-state index in [-0.39, 0.29) is 23.9 Å². The highest BCUT2D eigenvalue weighted by atomic mass is 79.9. The number of amides is 2. The Morgan fingerprint density at radius 2 is 1.76 bits per heavy atom. The number of carbonyl (C=O) groups is 3. The van der Waals surface area contributed by atoms with E-state index < -0.39 is 28.5 Å². The van der Waals surface area contributed by atoms with Crippen molar-refractivity contribution in [2.24, 2.45) is 0 Å². The third kappa shape index (κ3) is 7.66. The molecule has 0 aliphatic heterocycles. The standard InChI is InChI=1S/C24H30BrN3O5S/c1-5-12-26-24(31)17(2)27(15-19-8-6-10-21(25)13-19)23(30)16-28(34(4,32)33)22-11-7-9-20(14-22)18(3)29/h6-11,13-14,17H,5,12,15-16H2,1-4H3,(H,26,31)/t17-/m0/s1. The molecule has 10 heteroatoms. The number of nitrogens with one attached hydrogen (secondary N) is 1. The van der Waals surface area contributed by atoms with Crippen molar-refractivity contribution >= 4 is 49.2 Å². The second-order valence-corrected chi connectivity index (χ2v) is 10.8. The molecule has 0 fully saturated rings. The van der Waals surface area contributed by atoms with Gasteiger partial charge >= 0.3 is 0 Å². The lowest BCUT2D eigenvalue weighted by Gasteiger charge is -2.31. The van der Waals surface area contributed by atoms with Crippen LogP contribution in [0, 0.1) is 0 Å². The van der Waals surface area contributed by atoms with E-state index >= 15 is 0 Å². The van der Waals surface area contributed by atoms with Crippen molar-refractivity contribution in [3.8, 4) is 0 Å². The summed E-state index contributed by atoms with van der Waals surface area (Å²) in [5.74, 6) is -1.09. The molecule has 0 aliphatic rings. The molecule has 0 heterocycles. The number of carbonyl (C=O) groups excluding carboxylic acids is 3. The summed E-state index contributed by atoms with van der Waals surface area (Å²) in [6.45, 7) is 4.99. The van der Waals surface area contributed by atoms with Gasteiger partial charge in [0.1, 0.15) is 12.6 Å². The molecule has 0 saturated carbocycles. The Bertz CT molecular complexity index is 1150. The highest BCUT2D eigenvalue weighted by Crippen LogP contribution is 2.21. The lowest BCUT2D eigenvalue weighted by Crippen LogP contribution is -2.51. The fourth-order valence-corrected chi connectivity index (χ4v) is 4.59. The molecule has 0 spiro atoms. The van der Waals surface area contributed by atoms with Crippen LogP contribution in [-0.4, -0.2) is 56.3 Å². The summed E-state index contributed by atoms with van der Waals surface area (Å²) in [5.41, 5.74) is 1.31. The van der Waals surface area contributed by atoms with Gasteiger partial charge in [0, 0.05) is 23.1 Å². The van der Waals surface area contributed by atoms with Crippen LogP contribution in [0.15, 0.2) is 53.0 Å². The third-order valence-electron chi connectivity index (χ3n) is 5.18. The van der Waals surface area contributed by atoms with Crippen molar-refractivity contribution in [2.75, 3.05) is 23.7 Å². The normalized spacial score (nSPS) is 12.0. The van der Waals surface area contributed by atoms with Crippen LogP contribution in [0.2, 0.25) is 0 Å². The van der Waals surface area contributed by atoms with E-state index in [2.05, 4.69) is 21.2 Å². The zero-order valence-corrected chi connectivity index (χ0v) is 22.1. The first-order valence-electron chi connectivity index (χ1n) is 10.8. The van der Waals surface area contributed by atoms with Crippen LogP contribution in [-0.2, 0) is 26.2 Å². The largest absolute Gasteiger partial charge is 0.354 e. The number of sulfonamides is 1. The maximum Gasteiger partial charge on any atom is 0.244 e. The summed E-state index contributed by atoms with van der Waals surface area (Å²) in [5, 5.41) is 2.79. The Labute approximate surface area is 209 Å². The molecule has 0 aromatic heterocycles. The second-order valence-electron chi connectivity index (χ2n) is 7.99. The van der Waals surface area contributed by atoms with E-state index in [1.54, 1.807) is 19.1 Å². The monoisotopic (exact) mass is 551 g/mol. The molecule has 8 nitrogen and oxygen atoms in total. The van der Waals surface area contributed by atoms with Crippen LogP contribution in [0.5, 0.6) is 0 Å². The van der Waals surface area contributed by atoms with Gasteiger partial charge in [-0.1, -0.05) is 47.1 Å². The molecular formula is C24H30BrN3O5S. The molecule has 0 bridgehead atoms. The molecule has 1 N–H and O–H groups in total. The zero-order valence-electron chi connectivity index (χ0n) is 19.7. The van der Waals surface area contributed by atoms with Crippen molar-refractivity contribution in [3.05, 3.63) is 64.1 Å². The SMILES string of the molecule is CCCNC(=O)[C@H](C)N(Cc1cccc(Br)c1)C(=O)CN(c1cccc(C(C)=O)c1)S(C)(=O)=O. The quantitative estimate of drug-likeness (QED) is 0.431. The Balaban J connectivity index is 2.41. The maximum atomic E-state index is 13.5. The van der Waals surface area contributed by atoms with E-state index in [1.807, 2.05) is 31.2 Å². The predicted molar refractivity (Wildman–Crippen MR) is 136 cm³/mol. The molecule has 2 aromatic carbocycles. The van der Waals surface area contributed by atoms with Crippen molar-refractivity contribution in [2.45, 2.75) is 39.8 Å². The Kier molecular flexibility index (Phi) is 9.81. The van der Waals surface area contributed by atoms with Crippen LogP contribution in [0.3, 0.4) is 0 Å². The lowest BCUT2D eigenvalue weighted by atomic mass is 10.1. The predicted octanol–water partition coefficient (Wildman–Crippen LogP) is 3.36. The highest BCUT2D eigenvalue weighted by Gasteiger charge is 2.30. The summed E-state index contributed by atoms with van der Waals surface area (Å²) in [7, 11) is -3.86. The minimum absolute atomic E-state index is 0.115. The van der Waals surface area contributed by atoms with Gasteiger partial charge in [0.15, 0.2) is 5.78 Å². The molecule has 34 heavy (non-hydrogen) atoms. The molecule has 0 aliphatic carbocycles. The van der Waals surface area contributed by atoms with E-state index in [4.69, 9.17) is 0 Å². The molecule has 2 amide bonds. The van der Waals surface area contributed by atoms with Gasteiger partial charge in [-0.3, -0.25) is 18.7 Å². The molecule has 0 saturated heterocycles. The molecule has 2 rings (SSSR count). The number of ketones is 1. The number of rotatable bonds is 11. The fraction of sp³-hybridized carbons (Fsp3) is 0.375. The van der Waals surface area contributed by atoms with Crippen molar-refractivity contribution < 1.29 is 22.8 Å². The highest BCUT2D eigenvalue weighted by molar-refractivity contribution is 9.10. The Morgan fingerprint density at radius 3 is 2.35 bits per heavy atom. The zero-order chi connectivity index (χ0) is 25.5. The minimum Gasteiger partial charge on any atom is -0.354 e. The van der Waals surface area contributed by atoms with Crippen LogP contribution in [0.25, 0.3) is 0 Å². The van der Waals surface area contributed by atoms with Crippen molar-refractivity contribution in [1.82, 2.24) is 10.2 Å². The molecular weight excluding hydrogens is 522 g/mol. The van der Waals surface area contributed by atoms with E-state index in [0.717, 1.165) is 27.0 Å². The third-order valence-corrected chi connectivity index (χ3v) is 6.81. The summed E-state index contributed by atoms with van der Waals surface area (Å²) in [6, 6.07) is 12.6. The van der Waals surface area contributed by atoms with Crippen LogP contribution >= 0.6 is 15.9 Å².